The van der Waals surface area contributed by atoms with E-state index in [-0.39, 0.29) is 25.7 Å². The van der Waals surface area contributed by atoms with Gasteiger partial charge >= 0.3 is 0 Å². The second-order valence-corrected chi connectivity index (χ2v) is 9.38. The number of fused-ring (bicyclic) bond motifs is 1. The molecule has 0 atom stereocenters. The lowest BCUT2D eigenvalue weighted by Crippen LogP contribution is -2.14. The van der Waals surface area contributed by atoms with Crippen molar-refractivity contribution in [2.75, 3.05) is 10.0 Å². The molecule has 13 heteroatoms. The van der Waals surface area contributed by atoms with Crippen molar-refractivity contribution >= 4 is 72.8 Å². The second-order valence-electron chi connectivity index (χ2n) is 5.79. The standard InChI is InChI=1S/C17H9Cl2F2N5O2S2/c18-8-5-6-29-17(8)30(27,28)26-10-2-1-9(20)14(13(10)21)25-16-15-11(22-7-23-16)3-4-12(19)24-15/h1-7,26H,(H,22,23,25). The van der Waals surface area contributed by atoms with E-state index in [0.717, 1.165) is 23.5 Å². The Morgan fingerprint density at radius 1 is 1.03 bits per heavy atom. The second kappa shape index (κ2) is 7.91. The van der Waals surface area contributed by atoms with Crippen molar-refractivity contribution < 1.29 is 17.2 Å². The minimum Gasteiger partial charge on any atom is -0.333 e. The van der Waals surface area contributed by atoms with Crippen LogP contribution in [0.3, 0.4) is 0 Å². The molecule has 0 unspecified atom stereocenters. The molecule has 1 aromatic carbocycles. The Morgan fingerprint density at radius 3 is 2.57 bits per heavy atom. The summed E-state index contributed by atoms with van der Waals surface area (Å²) in [5, 5.41) is 4.10. The van der Waals surface area contributed by atoms with E-state index in [1.54, 1.807) is 6.07 Å². The lowest BCUT2D eigenvalue weighted by atomic mass is 10.2. The summed E-state index contributed by atoms with van der Waals surface area (Å²) in [6, 6.07) is 6.34. The van der Waals surface area contributed by atoms with Crippen molar-refractivity contribution in [3.63, 3.8) is 0 Å². The zero-order chi connectivity index (χ0) is 21.5. The van der Waals surface area contributed by atoms with Crippen LogP contribution >= 0.6 is 34.5 Å². The maximum Gasteiger partial charge on any atom is 0.273 e. The molecule has 3 heterocycles. The summed E-state index contributed by atoms with van der Waals surface area (Å²) in [6.07, 6.45) is 1.18. The van der Waals surface area contributed by atoms with Crippen molar-refractivity contribution in [2.45, 2.75) is 4.21 Å². The molecule has 0 aliphatic carbocycles. The largest absolute Gasteiger partial charge is 0.333 e. The van der Waals surface area contributed by atoms with Crippen LogP contribution in [0.25, 0.3) is 11.0 Å². The number of rotatable bonds is 5. The van der Waals surface area contributed by atoms with Gasteiger partial charge in [0.1, 0.15) is 28.5 Å². The van der Waals surface area contributed by atoms with Crippen LogP contribution in [0.2, 0.25) is 10.2 Å². The lowest BCUT2D eigenvalue weighted by molar-refractivity contribution is 0.589. The highest BCUT2D eigenvalue weighted by atomic mass is 35.5. The number of anilines is 3. The van der Waals surface area contributed by atoms with Gasteiger partial charge in [-0.1, -0.05) is 23.2 Å². The quantitative estimate of drug-likeness (QED) is 0.374. The van der Waals surface area contributed by atoms with Gasteiger partial charge in [-0.3, -0.25) is 4.72 Å². The Balaban J connectivity index is 1.74. The Bertz CT molecular complexity index is 1380. The molecule has 4 aromatic rings. The van der Waals surface area contributed by atoms with Gasteiger partial charge in [0, 0.05) is 0 Å². The van der Waals surface area contributed by atoms with Gasteiger partial charge in [0.25, 0.3) is 10.0 Å². The summed E-state index contributed by atoms with van der Waals surface area (Å²) in [5.41, 5.74) is -0.538. The number of hydrogen-bond acceptors (Lipinski definition) is 7. The van der Waals surface area contributed by atoms with Crippen molar-refractivity contribution in [1.29, 1.82) is 0 Å². The molecule has 0 spiro atoms. The van der Waals surface area contributed by atoms with E-state index in [9.17, 15) is 12.8 Å². The molecule has 0 radical (unpaired) electrons. The molecule has 2 N–H and O–H groups in total. The van der Waals surface area contributed by atoms with E-state index < -0.39 is 33.0 Å². The van der Waals surface area contributed by atoms with Crippen LogP contribution in [0.4, 0.5) is 26.0 Å². The van der Waals surface area contributed by atoms with Gasteiger partial charge in [-0.2, -0.15) is 0 Å². The van der Waals surface area contributed by atoms with Gasteiger partial charge in [0.15, 0.2) is 15.8 Å². The van der Waals surface area contributed by atoms with Gasteiger partial charge in [0.05, 0.1) is 16.2 Å². The average molecular weight is 488 g/mol. The fraction of sp³-hybridized carbons (Fsp3) is 0. The van der Waals surface area contributed by atoms with Gasteiger partial charge < -0.3 is 5.32 Å². The summed E-state index contributed by atoms with van der Waals surface area (Å²) < 4.78 is 56.3. The van der Waals surface area contributed by atoms with Crippen molar-refractivity contribution in [3.05, 3.63) is 63.8 Å². The predicted molar refractivity (Wildman–Crippen MR) is 112 cm³/mol. The number of hydrogen-bond donors (Lipinski definition) is 2. The first-order valence-electron chi connectivity index (χ1n) is 8.04. The number of pyridine rings is 1. The maximum absolute atomic E-state index is 15.0. The SMILES string of the molecule is O=S(=O)(Nc1ccc(F)c(Nc2ncnc3ccc(Cl)nc23)c1F)c1sccc1Cl. The molecule has 3 aromatic heterocycles. The van der Waals surface area contributed by atoms with Crippen LogP contribution < -0.4 is 10.0 Å². The van der Waals surface area contributed by atoms with E-state index in [2.05, 4.69) is 25.0 Å². The fourth-order valence-corrected chi connectivity index (χ4v) is 5.43. The molecule has 0 saturated carbocycles. The number of nitrogens with one attached hydrogen (secondary N) is 2. The average Bonchev–Trinajstić information content (AvgIpc) is 3.14. The minimum absolute atomic E-state index is 0.0104. The van der Waals surface area contributed by atoms with Crippen LogP contribution in [0.5, 0.6) is 0 Å². The van der Waals surface area contributed by atoms with Crippen LogP contribution in [0, 0.1) is 11.6 Å². The molecule has 4 rings (SSSR count). The van der Waals surface area contributed by atoms with E-state index in [1.165, 1.54) is 23.8 Å². The van der Waals surface area contributed by atoms with E-state index in [1.807, 2.05) is 0 Å². The maximum atomic E-state index is 15.0. The van der Waals surface area contributed by atoms with Crippen LogP contribution in [-0.2, 0) is 10.0 Å². The molecule has 0 aliphatic rings. The molecule has 0 fully saturated rings. The summed E-state index contributed by atoms with van der Waals surface area (Å²) in [7, 11) is -4.17. The van der Waals surface area contributed by atoms with Gasteiger partial charge in [0.2, 0.25) is 0 Å². The zero-order valence-corrected chi connectivity index (χ0v) is 17.7. The Hall–Kier alpha value is -2.60. The summed E-state index contributed by atoms with van der Waals surface area (Å²) >= 11 is 12.6. The topological polar surface area (TPSA) is 96.9 Å². The number of nitrogens with zero attached hydrogens (tertiary/aromatic N) is 3. The van der Waals surface area contributed by atoms with E-state index >= 15 is 4.39 Å². The summed E-state index contributed by atoms with van der Waals surface area (Å²) in [4.78, 5) is 12.0. The first-order valence-corrected chi connectivity index (χ1v) is 11.2. The zero-order valence-electron chi connectivity index (χ0n) is 14.5. The van der Waals surface area contributed by atoms with Crippen LogP contribution in [-0.4, -0.2) is 23.4 Å². The third-order valence-corrected chi connectivity index (χ3v) is 7.45. The highest BCUT2D eigenvalue weighted by Crippen LogP contribution is 2.33. The predicted octanol–water partition coefficient (Wildman–Crippen LogP) is 5.22. The first-order chi connectivity index (χ1) is 14.3. The molecule has 0 aliphatic heterocycles. The molecule has 30 heavy (non-hydrogen) atoms. The first kappa shape index (κ1) is 20.7. The lowest BCUT2D eigenvalue weighted by Gasteiger charge is -2.13. The monoisotopic (exact) mass is 487 g/mol. The molecule has 7 nitrogen and oxygen atoms in total. The molecule has 0 bridgehead atoms. The van der Waals surface area contributed by atoms with Gasteiger partial charge in [-0.25, -0.2) is 32.2 Å². The molecular formula is C17H9Cl2F2N5O2S2. The normalized spacial score (nSPS) is 11.6. The third-order valence-electron chi connectivity index (χ3n) is 3.86. The Morgan fingerprint density at radius 2 is 1.83 bits per heavy atom. The van der Waals surface area contributed by atoms with E-state index in [4.69, 9.17) is 23.2 Å². The molecular weight excluding hydrogens is 479 g/mol. The molecule has 0 saturated heterocycles. The van der Waals surface area contributed by atoms with Crippen LogP contribution in [0.15, 0.2) is 46.2 Å². The number of sulfonamides is 1. The third kappa shape index (κ3) is 3.88. The van der Waals surface area contributed by atoms with Crippen molar-refractivity contribution in [1.82, 2.24) is 15.0 Å². The van der Waals surface area contributed by atoms with Crippen molar-refractivity contribution in [3.8, 4) is 0 Å². The molecule has 0 amide bonds. The smallest absolute Gasteiger partial charge is 0.273 e. The van der Waals surface area contributed by atoms with Gasteiger partial charge in [-0.15, -0.1) is 11.3 Å². The fourth-order valence-electron chi connectivity index (χ4n) is 2.53. The van der Waals surface area contributed by atoms with E-state index in [0.29, 0.717) is 5.52 Å². The number of halogens is 4. The Labute approximate surface area is 182 Å². The highest BCUT2D eigenvalue weighted by Gasteiger charge is 2.23. The van der Waals surface area contributed by atoms with Crippen LogP contribution in [0.1, 0.15) is 0 Å². The van der Waals surface area contributed by atoms with Gasteiger partial charge in [-0.05, 0) is 35.7 Å². The minimum atomic E-state index is -4.17. The summed E-state index contributed by atoms with van der Waals surface area (Å²) in [6.45, 7) is 0. The molecule has 154 valence electrons. The number of benzene rings is 1. The highest BCUT2D eigenvalue weighted by molar-refractivity contribution is 7.94. The number of aromatic nitrogens is 3. The Kier molecular flexibility index (Phi) is 5.45. The van der Waals surface area contributed by atoms with Crippen molar-refractivity contribution in [2.24, 2.45) is 0 Å². The summed E-state index contributed by atoms with van der Waals surface area (Å²) in [5.74, 6) is -2.17. The number of thiophene rings is 1.